The lowest BCUT2D eigenvalue weighted by atomic mass is 10.1. The van der Waals surface area contributed by atoms with Crippen LogP contribution in [0.2, 0.25) is 5.02 Å². The summed E-state index contributed by atoms with van der Waals surface area (Å²) in [6.07, 6.45) is 3.38. The van der Waals surface area contributed by atoms with Crippen LogP contribution < -0.4 is 9.80 Å². The molecule has 1 aliphatic rings. The van der Waals surface area contributed by atoms with Gasteiger partial charge in [0.2, 0.25) is 0 Å². The van der Waals surface area contributed by atoms with Crippen LogP contribution in [0.4, 0.5) is 16.2 Å². The smallest absolute Gasteiger partial charge is 0.291 e. The standard InChI is InChI=1S/C19H13ClN4O/c20-14-5-3-6-15(8-14)23-12-16(9-21)24(19(23)25)18-11-22-10-13-4-1-2-7-17(13)18/h1-8,10-11,16H,12H2/t16-/m0/s1. The van der Waals surface area contributed by atoms with Gasteiger partial charge in [-0.3, -0.25) is 14.8 Å². The van der Waals surface area contributed by atoms with Gasteiger partial charge in [-0.2, -0.15) is 5.26 Å². The molecule has 2 heterocycles. The summed E-state index contributed by atoms with van der Waals surface area (Å²) >= 11 is 6.05. The Hall–Kier alpha value is -3.10. The van der Waals surface area contributed by atoms with Gasteiger partial charge >= 0.3 is 6.03 Å². The molecule has 0 spiro atoms. The molecule has 1 atom stereocenters. The normalized spacial score (nSPS) is 17.1. The fourth-order valence-corrected chi connectivity index (χ4v) is 3.30. The Morgan fingerprint density at radius 1 is 1.16 bits per heavy atom. The van der Waals surface area contributed by atoms with Gasteiger partial charge < -0.3 is 0 Å². The first-order valence-electron chi connectivity index (χ1n) is 7.77. The van der Waals surface area contributed by atoms with Crippen LogP contribution in [0.3, 0.4) is 0 Å². The van der Waals surface area contributed by atoms with Crippen molar-refractivity contribution in [2.75, 3.05) is 16.3 Å². The number of carbonyl (C=O) groups excluding carboxylic acids is 1. The number of hydrogen-bond acceptors (Lipinski definition) is 3. The third-order valence-electron chi connectivity index (χ3n) is 4.28. The molecule has 0 N–H and O–H groups in total. The summed E-state index contributed by atoms with van der Waals surface area (Å²) in [6.45, 7) is 0.277. The van der Waals surface area contributed by atoms with Gasteiger partial charge in [0.1, 0.15) is 6.04 Å². The quantitative estimate of drug-likeness (QED) is 0.696. The molecule has 25 heavy (non-hydrogen) atoms. The Labute approximate surface area is 149 Å². The molecule has 5 nitrogen and oxygen atoms in total. The monoisotopic (exact) mass is 348 g/mol. The minimum Gasteiger partial charge on any atom is -0.291 e. The maximum Gasteiger partial charge on any atom is 0.330 e. The van der Waals surface area contributed by atoms with Gasteiger partial charge in [0.05, 0.1) is 24.5 Å². The number of nitriles is 1. The van der Waals surface area contributed by atoms with E-state index in [1.165, 1.54) is 4.90 Å². The molecule has 6 heteroatoms. The Morgan fingerprint density at radius 2 is 2.00 bits per heavy atom. The minimum atomic E-state index is -0.598. The average molecular weight is 349 g/mol. The van der Waals surface area contributed by atoms with E-state index in [2.05, 4.69) is 11.1 Å². The fourth-order valence-electron chi connectivity index (χ4n) is 3.12. The molecule has 3 aromatic rings. The molecule has 2 amide bonds. The van der Waals surface area contributed by atoms with Gasteiger partial charge in [-0.1, -0.05) is 41.9 Å². The third-order valence-corrected chi connectivity index (χ3v) is 4.51. The van der Waals surface area contributed by atoms with Crippen LogP contribution in [0.1, 0.15) is 0 Å². The maximum atomic E-state index is 13.1. The van der Waals surface area contributed by atoms with E-state index in [1.807, 2.05) is 30.3 Å². The summed E-state index contributed by atoms with van der Waals surface area (Å²) in [5, 5.41) is 11.9. The molecule has 2 aromatic carbocycles. The number of benzene rings is 2. The van der Waals surface area contributed by atoms with E-state index in [0.717, 1.165) is 10.8 Å². The van der Waals surface area contributed by atoms with Crippen LogP contribution in [0.25, 0.3) is 10.8 Å². The van der Waals surface area contributed by atoms with Crippen LogP contribution >= 0.6 is 11.6 Å². The van der Waals surface area contributed by atoms with Crippen molar-refractivity contribution in [3.63, 3.8) is 0 Å². The molecule has 1 saturated heterocycles. The molecule has 122 valence electrons. The van der Waals surface area contributed by atoms with Crippen LogP contribution in [-0.4, -0.2) is 23.6 Å². The molecule has 0 aliphatic carbocycles. The Balaban J connectivity index is 1.81. The average Bonchev–Trinajstić information content (AvgIpc) is 2.97. The number of amides is 2. The zero-order valence-corrected chi connectivity index (χ0v) is 13.9. The molecular formula is C19H13ClN4O. The number of aromatic nitrogens is 1. The number of pyridine rings is 1. The summed E-state index contributed by atoms with van der Waals surface area (Å²) in [7, 11) is 0. The molecule has 0 radical (unpaired) electrons. The number of fused-ring (bicyclic) bond motifs is 1. The van der Waals surface area contributed by atoms with E-state index in [0.29, 0.717) is 16.4 Å². The van der Waals surface area contributed by atoms with Gasteiger partial charge in [0.25, 0.3) is 0 Å². The van der Waals surface area contributed by atoms with Gasteiger partial charge in [-0.15, -0.1) is 0 Å². The lowest BCUT2D eigenvalue weighted by Gasteiger charge is -2.21. The van der Waals surface area contributed by atoms with Crippen molar-refractivity contribution in [2.24, 2.45) is 0 Å². The highest BCUT2D eigenvalue weighted by atomic mass is 35.5. The van der Waals surface area contributed by atoms with Gasteiger partial charge in [-0.25, -0.2) is 4.79 Å². The molecular weight excluding hydrogens is 336 g/mol. The Bertz CT molecular complexity index is 1010. The highest BCUT2D eigenvalue weighted by Gasteiger charge is 2.40. The van der Waals surface area contributed by atoms with E-state index in [4.69, 9.17) is 11.6 Å². The van der Waals surface area contributed by atoms with Crippen molar-refractivity contribution in [3.8, 4) is 6.07 Å². The van der Waals surface area contributed by atoms with E-state index < -0.39 is 6.04 Å². The van der Waals surface area contributed by atoms with E-state index in [9.17, 15) is 10.1 Å². The number of halogens is 1. The molecule has 4 rings (SSSR count). The van der Waals surface area contributed by atoms with Crippen LogP contribution in [-0.2, 0) is 0 Å². The minimum absolute atomic E-state index is 0.257. The van der Waals surface area contributed by atoms with Gasteiger partial charge in [-0.05, 0) is 18.2 Å². The second-order valence-electron chi connectivity index (χ2n) is 5.77. The van der Waals surface area contributed by atoms with Gasteiger partial charge in [0.15, 0.2) is 0 Å². The second-order valence-corrected chi connectivity index (χ2v) is 6.20. The summed E-state index contributed by atoms with van der Waals surface area (Å²) in [6, 6.07) is 16.1. The fraction of sp³-hybridized carbons (Fsp3) is 0.105. The predicted molar refractivity (Wildman–Crippen MR) is 97.8 cm³/mol. The SMILES string of the molecule is N#C[C@H]1CN(c2cccc(Cl)c2)C(=O)N1c1cncc2ccccc12. The van der Waals surface area contributed by atoms with Crippen molar-refractivity contribution >= 4 is 39.8 Å². The first kappa shape index (κ1) is 15.4. The van der Waals surface area contributed by atoms with Crippen LogP contribution in [0.15, 0.2) is 60.9 Å². The topological polar surface area (TPSA) is 60.2 Å². The van der Waals surface area contributed by atoms with Gasteiger partial charge in [0, 0.05) is 27.7 Å². The number of rotatable bonds is 2. The van der Waals surface area contributed by atoms with E-state index in [-0.39, 0.29) is 12.6 Å². The van der Waals surface area contributed by atoms with Crippen molar-refractivity contribution in [2.45, 2.75) is 6.04 Å². The van der Waals surface area contributed by atoms with Crippen molar-refractivity contribution in [1.82, 2.24) is 4.98 Å². The van der Waals surface area contributed by atoms with Crippen molar-refractivity contribution in [1.29, 1.82) is 5.26 Å². The van der Waals surface area contributed by atoms with Crippen LogP contribution in [0, 0.1) is 11.3 Å². The molecule has 1 aliphatic heterocycles. The summed E-state index contributed by atoms with van der Waals surface area (Å²) < 4.78 is 0. The lowest BCUT2D eigenvalue weighted by Crippen LogP contribution is -2.34. The zero-order valence-electron chi connectivity index (χ0n) is 13.1. The first-order valence-corrected chi connectivity index (χ1v) is 8.15. The summed E-state index contributed by atoms with van der Waals surface area (Å²) in [4.78, 5) is 20.4. The lowest BCUT2D eigenvalue weighted by molar-refractivity contribution is 0.255. The predicted octanol–water partition coefficient (Wildman–Crippen LogP) is 4.23. The highest BCUT2D eigenvalue weighted by molar-refractivity contribution is 6.31. The molecule has 1 fully saturated rings. The van der Waals surface area contributed by atoms with Crippen molar-refractivity contribution in [3.05, 3.63) is 65.9 Å². The highest BCUT2D eigenvalue weighted by Crippen LogP contribution is 2.33. The number of hydrogen-bond donors (Lipinski definition) is 0. The molecule has 0 saturated carbocycles. The molecule has 0 unspecified atom stereocenters. The molecule has 0 bridgehead atoms. The first-order chi connectivity index (χ1) is 12.2. The van der Waals surface area contributed by atoms with E-state index >= 15 is 0 Å². The number of anilines is 2. The largest absolute Gasteiger partial charge is 0.330 e. The van der Waals surface area contributed by atoms with E-state index in [1.54, 1.807) is 35.5 Å². The third kappa shape index (κ3) is 2.57. The van der Waals surface area contributed by atoms with Crippen LogP contribution in [0.5, 0.6) is 0 Å². The number of carbonyl (C=O) groups is 1. The Morgan fingerprint density at radius 3 is 2.80 bits per heavy atom. The molecule has 1 aromatic heterocycles. The van der Waals surface area contributed by atoms with Crippen molar-refractivity contribution < 1.29 is 4.79 Å². The number of nitrogens with zero attached hydrogens (tertiary/aromatic N) is 4. The Kier molecular flexibility index (Phi) is 3.75. The zero-order chi connectivity index (χ0) is 17.4. The summed E-state index contributed by atoms with van der Waals surface area (Å²) in [5.41, 5.74) is 1.31. The number of urea groups is 1. The second kappa shape index (κ2) is 6.08. The summed E-state index contributed by atoms with van der Waals surface area (Å²) in [5.74, 6) is 0. The maximum absolute atomic E-state index is 13.1.